The molecule has 1 aromatic carbocycles. The number of aryl methyl sites for hydroxylation is 2. The lowest BCUT2D eigenvalue weighted by Gasteiger charge is -2.04. The molecule has 0 N–H and O–H groups in total. The summed E-state index contributed by atoms with van der Waals surface area (Å²) in [4.78, 5) is 11.2. The fourth-order valence-corrected chi connectivity index (χ4v) is 1.28. The van der Waals surface area contributed by atoms with E-state index in [9.17, 15) is 4.79 Å². The number of benzene rings is 1. The van der Waals surface area contributed by atoms with Crippen molar-refractivity contribution < 1.29 is 9.53 Å². The standard InChI is InChI=1S/C11H14O2/c1-4-9-5-6-10(8(2)7-9)11(12)13-3/h5-7H,4H2,1-3H3. The molecular weight excluding hydrogens is 164 g/mol. The van der Waals surface area contributed by atoms with Gasteiger partial charge in [0.2, 0.25) is 0 Å². The third-order valence-electron chi connectivity index (χ3n) is 2.10. The van der Waals surface area contributed by atoms with Gasteiger partial charge in [-0.25, -0.2) is 4.79 Å². The van der Waals surface area contributed by atoms with Crippen molar-refractivity contribution in [2.24, 2.45) is 0 Å². The van der Waals surface area contributed by atoms with Crippen LogP contribution in [-0.2, 0) is 11.2 Å². The van der Waals surface area contributed by atoms with Crippen LogP contribution in [-0.4, -0.2) is 13.1 Å². The third-order valence-corrected chi connectivity index (χ3v) is 2.10. The van der Waals surface area contributed by atoms with Crippen molar-refractivity contribution in [1.82, 2.24) is 0 Å². The molecule has 0 heterocycles. The van der Waals surface area contributed by atoms with Crippen LogP contribution in [0.2, 0.25) is 0 Å². The summed E-state index contributed by atoms with van der Waals surface area (Å²) >= 11 is 0. The van der Waals surface area contributed by atoms with E-state index in [1.54, 1.807) is 0 Å². The van der Waals surface area contributed by atoms with Crippen LogP contribution in [0.25, 0.3) is 0 Å². The van der Waals surface area contributed by atoms with Gasteiger partial charge < -0.3 is 4.74 Å². The van der Waals surface area contributed by atoms with Crippen LogP contribution in [0.5, 0.6) is 0 Å². The molecule has 0 saturated carbocycles. The molecule has 0 bridgehead atoms. The molecule has 0 aliphatic heterocycles. The second-order valence-corrected chi connectivity index (χ2v) is 2.99. The van der Waals surface area contributed by atoms with Crippen LogP contribution >= 0.6 is 0 Å². The zero-order chi connectivity index (χ0) is 9.84. The molecule has 0 aliphatic carbocycles. The molecule has 0 aliphatic rings. The van der Waals surface area contributed by atoms with E-state index in [2.05, 4.69) is 11.7 Å². The van der Waals surface area contributed by atoms with E-state index in [1.165, 1.54) is 12.7 Å². The van der Waals surface area contributed by atoms with Gasteiger partial charge in [0, 0.05) is 0 Å². The van der Waals surface area contributed by atoms with Crippen molar-refractivity contribution >= 4 is 5.97 Å². The number of methoxy groups -OCH3 is 1. The normalized spacial score (nSPS) is 9.77. The smallest absolute Gasteiger partial charge is 0.338 e. The summed E-state index contributed by atoms with van der Waals surface area (Å²) in [5.74, 6) is -0.264. The zero-order valence-electron chi connectivity index (χ0n) is 8.26. The first kappa shape index (κ1) is 9.78. The fourth-order valence-electron chi connectivity index (χ4n) is 1.28. The van der Waals surface area contributed by atoms with Crippen molar-refractivity contribution in [2.45, 2.75) is 20.3 Å². The molecule has 1 rings (SSSR count). The van der Waals surface area contributed by atoms with Crippen molar-refractivity contribution in [1.29, 1.82) is 0 Å². The Morgan fingerprint density at radius 2 is 2.15 bits per heavy atom. The summed E-state index contributed by atoms with van der Waals surface area (Å²) in [6.07, 6.45) is 0.988. The SMILES string of the molecule is CCc1ccc(C(=O)OC)c(C)c1. The molecule has 0 unspecified atom stereocenters. The summed E-state index contributed by atoms with van der Waals surface area (Å²) in [6.45, 7) is 4.01. The molecule has 0 amide bonds. The topological polar surface area (TPSA) is 26.3 Å². The summed E-state index contributed by atoms with van der Waals surface area (Å²) < 4.78 is 4.65. The summed E-state index contributed by atoms with van der Waals surface area (Å²) in [5.41, 5.74) is 2.87. The minimum atomic E-state index is -0.264. The summed E-state index contributed by atoms with van der Waals surface area (Å²) in [5, 5.41) is 0. The van der Waals surface area contributed by atoms with Crippen molar-refractivity contribution in [3.63, 3.8) is 0 Å². The highest BCUT2D eigenvalue weighted by Crippen LogP contribution is 2.12. The Morgan fingerprint density at radius 1 is 1.46 bits per heavy atom. The van der Waals surface area contributed by atoms with Gasteiger partial charge in [-0.15, -0.1) is 0 Å². The molecule has 0 spiro atoms. The molecular formula is C11H14O2. The Hall–Kier alpha value is -1.31. The maximum absolute atomic E-state index is 11.2. The number of ether oxygens (including phenoxy) is 1. The number of carbonyl (C=O) groups is 1. The van der Waals surface area contributed by atoms with Crippen LogP contribution in [0.15, 0.2) is 18.2 Å². The van der Waals surface area contributed by atoms with Crippen LogP contribution in [0.1, 0.15) is 28.4 Å². The lowest BCUT2D eigenvalue weighted by atomic mass is 10.0. The molecule has 0 fully saturated rings. The van der Waals surface area contributed by atoms with Crippen LogP contribution < -0.4 is 0 Å². The van der Waals surface area contributed by atoms with Gasteiger partial charge in [0.25, 0.3) is 0 Å². The predicted octanol–water partition coefficient (Wildman–Crippen LogP) is 2.34. The van der Waals surface area contributed by atoms with Gasteiger partial charge in [-0.2, -0.15) is 0 Å². The fraction of sp³-hybridized carbons (Fsp3) is 0.364. The molecule has 2 heteroatoms. The van der Waals surface area contributed by atoms with E-state index in [0.717, 1.165) is 12.0 Å². The second-order valence-electron chi connectivity index (χ2n) is 2.99. The van der Waals surface area contributed by atoms with Crippen molar-refractivity contribution in [3.05, 3.63) is 34.9 Å². The summed E-state index contributed by atoms with van der Waals surface area (Å²) in [6, 6.07) is 5.80. The Labute approximate surface area is 78.5 Å². The minimum Gasteiger partial charge on any atom is -0.465 e. The van der Waals surface area contributed by atoms with Crippen LogP contribution in [0.3, 0.4) is 0 Å². The maximum atomic E-state index is 11.2. The van der Waals surface area contributed by atoms with Gasteiger partial charge in [0.15, 0.2) is 0 Å². The number of rotatable bonds is 2. The predicted molar refractivity (Wildman–Crippen MR) is 51.9 cm³/mol. The molecule has 0 atom stereocenters. The average molecular weight is 178 g/mol. The number of carbonyl (C=O) groups excluding carboxylic acids is 1. The van der Waals surface area contributed by atoms with Crippen molar-refractivity contribution in [3.8, 4) is 0 Å². The van der Waals surface area contributed by atoms with Gasteiger partial charge >= 0.3 is 5.97 Å². The first-order chi connectivity index (χ1) is 6.19. The van der Waals surface area contributed by atoms with Gasteiger partial charge in [-0.1, -0.05) is 19.1 Å². The Balaban J connectivity index is 3.05. The van der Waals surface area contributed by atoms with Crippen LogP contribution in [0.4, 0.5) is 0 Å². The quantitative estimate of drug-likeness (QED) is 0.650. The summed E-state index contributed by atoms with van der Waals surface area (Å²) in [7, 11) is 1.40. The molecule has 0 aromatic heterocycles. The van der Waals surface area contributed by atoms with Gasteiger partial charge in [0.05, 0.1) is 12.7 Å². The highest BCUT2D eigenvalue weighted by atomic mass is 16.5. The molecule has 70 valence electrons. The van der Waals surface area contributed by atoms with Crippen LogP contribution in [0, 0.1) is 6.92 Å². The van der Waals surface area contributed by atoms with Crippen molar-refractivity contribution in [2.75, 3.05) is 7.11 Å². The number of hydrogen-bond donors (Lipinski definition) is 0. The van der Waals surface area contributed by atoms with E-state index >= 15 is 0 Å². The van der Waals surface area contributed by atoms with E-state index in [-0.39, 0.29) is 5.97 Å². The molecule has 0 radical (unpaired) electrons. The maximum Gasteiger partial charge on any atom is 0.338 e. The lowest BCUT2D eigenvalue weighted by molar-refractivity contribution is 0.0600. The minimum absolute atomic E-state index is 0.264. The van der Waals surface area contributed by atoms with E-state index in [1.807, 2.05) is 25.1 Å². The van der Waals surface area contributed by atoms with Gasteiger partial charge in [-0.3, -0.25) is 0 Å². The highest BCUT2D eigenvalue weighted by Gasteiger charge is 2.08. The van der Waals surface area contributed by atoms with Gasteiger partial charge in [-0.05, 0) is 30.5 Å². The van der Waals surface area contributed by atoms with E-state index < -0.39 is 0 Å². The molecule has 1 aromatic rings. The second kappa shape index (κ2) is 4.08. The number of hydrogen-bond acceptors (Lipinski definition) is 2. The number of esters is 1. The molecule has 0 saturated heterocycles. The largest absolute Gasteiger partial charge is 0.465 e. The Bertz CT molecular complexity index is 316. The first-order valence-electron chi connectivity index (χ1n) is 4.37. The Morgan fingerprint density at radius 3 is 2.62 bits per heavy atom. The lowest BCUT2D eigenvalue weighted by Crippen LogP contribution is -2.03. The third kappa shape index (κ3) is 2.08. The van der Waals surface area contributed by atoms with Gasteiger partial charge in [0.1, 0.15) is 0 Å². The molecule has 13 heavy (non-hydrogen) atoms. The average Bonchev–Trinajstić information content (AvgIpc) is 2.16. The van der Waals surface area contributed by atoms with E-state index in [0.29, 0.717) is 5.56 Å². The first-order valence-corrected chi connectivity index (χ1v) is 4.37. The molecule has 2 nitrogen and oxygen atoms in total. The Kier molecular flexibility index (Phi) is 3.07. The zero-order valence-corrected chi connectivity index (χ0v) is 8.26. The monoisotopic (exact) mass is 178 g/mol. The highest BCUT2D eigenvalue weighted by molar-refractivity contribution is 5.90. The van der Waals surface area contributed by atoms with E-state index in [4.69, 9.17) is 0 Å².